The van der Waals surface area contributed by atoms with Crippen molar-refractivity contribution >= 4 is 21.7 Å². The molecule has 0 spiro atoms. The second-order valence-corrected chi connectivity index (χ2v) is 6.95. The molecule has 0 aliphatic rings. The van der Waals surface area contributed by atoms with Gasteiger partial charge in [-0.05, 0) is 42.8 Å². The summed E-state index contributed by atoms with van der Waals surface area (Å²) in [4.78, 5) is 10.6. The van der Waals surface area contributed by atoms with Gasteiger partial charge in [-0.25, -0.2) is 13.2 Å². The monoisotopic (exact) mass is 389 g/mol. The summed E-state index contributed by atoms with van der Waals surface area (Å²) in [5.74, 6) is -1.45. The first kappa shape index (κ1) is 19.6. The molecule has 0 aromatic heterocycles. The molecule has 0 atom stereocenters. The lowest BCUT2D eigenvalue weighted by Gasteiger charge is -2.17. The van der Waals surface area contributed by atoms with E-state index in [4.69, 9.17) is 9.84 Å². The van der Waals surface area contributed by atoms with E-state index in [2.05, 4.69) is 0 Å². The number of aromatic carboxylic acids is 1. The number of anilines is 1. The maximum atomic E-state index is 13.2. The van der Waals surface area contributed by atoms with Crippen LogP contribution < -0.4 is 9.46 Å². The number of carbonyl (C=O) groups is 1. The van der Waals surface area contributed by atoms with Gasteiger partial charge >= 0.3 is 12.1 Å². The quantitative estimate of drug-likeness (QED) is 0.816. The Balaban J connectivity index is 2.54. The summed E-state index contributed by atoms with van der Waals surface area (Å²) in [5.41, 5.74) is -2.04. The zero-order valence-electron chi connectivity index (χ0n) is 13.6. The minimum absolute atomic E-state index is 0.0932. The molecule has 2 aromatic carbocycles. The zero-order valence-corrected chi connectivity index (χ0v) is 14.4. The Morgan fingerprint density at radius 1 is 1.15 bits per heavy atom. The molecule has 0 saturated heterocycles. The second kappa shape index (κ2) is 6.87. The predicted octanol–water partition coefficient (Wildman–Crippen LogP) is 3.52. The van der Waals surface area contributed by atoms with Gasteiger partial charge in [0.15, 0.2) is 0 Å². The van der Waals surface area contributed by atoms with Crippen molar-refractivity contribution in [3.63, 3.8) is 0 Å². The van der Waals surface area contributed by atoms with Gasteiger partial charge in [-0.3, -0.25) is 4.72 Å². The van der Waals surface area contributed by atoms with E-state index < -0.39 is 38.3 Å². The fourth-order valence-electron chi connectivity index (χ4n) is 2.20. The number of benzene rings is 2. The highest BCUT2D eigenvalue weighted by molar-refractivity contribution is 7.92. The highest BCUT2D eigenvalue weighted by atomic mass is 32.2. The largest absolute Gasteiger partial charge is 0.497 e. The molecular formula is C16H14F3NO5S. The van der Waals surface area contributed by atoms with E-state index in [0.717, 1.165) is 12.1 Å². The molecule has 0 fully saturated rings. The number of rotatable bonds is 5. The van der Waals surface area contributed by atoms with Gasteiger partial charge in [-0.1, -0.05) is 6.07 Å². The van der Waals surface area contributed by atoms with Crippen LogP contribution in [-0.2, 0) is 16.2 Å². The molecule has 0 bridgehead atoms. The number of carboxylic acid groups (broad SMARTS) is 1. The van der Waals surface area contributed by atoms with Crippen LogP contribution in [0.4, 0.5) is 18.9 Å². The van der Waals surface area contributed by atoms with Gasteiger partial charge in [-0.2, -0.15) is 13.2 Å². The lowest BCUT2D eigenvalue weighted by Crippen LogP contribution is -2.18. The van der Waals surface area contributed by atoms with Crippen molar-refractivity contribution in [1.29, 1.82) is 0 Å². The Bertz CT molecular complexity index is 955. The lowest BCUT2D eigenvalue weighted by atomic mass is 10.1. The van der Waals surface area contributed by atoms with Gasteiger partial charge < -0.3 is 9.84 Å². The molecule has 0 aliphatic heterocycles. The van der Waals surface area contributed by atoms with E-state index in [1.165, 1.54) is 32.2 Å². The number of hydrogen-bond acceptors (Lipinski definition) is 4. The molecule has 6 nitrogen and oxygen atoms in total. The highest BCUT2D eigenvalue weighted by Gasteiger charge is 2.35. The molecule has 2 rings (SSSR count). The summed E-state index contributed by atoms with van der Waals surface area (Å²) in [6, 6.07) is 6.11. The highest BCUT2D eigenvalue weighted by Crippen LogP contribution is 2.38. The molecule has 0 heterocycles. The molecule has 0 saturated carbocycles. The van der Waals surface area contributed by atoms with Gasteiger partial charge in [0, 0.05) is 0 Å². The molecule has 26 heavy (non-hydrogen) atoms. The van der Waals surface area contributed by atoms with Crippen molar-refractivity contribution in [2.75, 3.05) is 11.8 Å². The van der Waals surface area contributed by atoms with Crippen LogP contribution in [0.15, 0.2) is 41.3 Å². The molecule has 0 radical (unpaired) electrons. The molecule has 2 N–H and O–H groups in total. The van der Waals surface area contributed by atoms with Gasteiger partial charge in [0.2, 0.25) is 0 Å². The van der Waals surface area contributed by atoms with Crippen LogP contribution in [0.5, 0.6) is 5.75 Å². The number of aryl methyl sites for hydroxylation is 1. The third-order valence-corrected chi connectivity index (χ3v) is 5.01. The average Bonchev–Trinajstić information content (AvgIpc) is 2.53. The zero-order chi connectivity index (χ0) is 19.7. The van der Waals surface area contributed by atoms with Crippen molar-refractivity contribution in [3.05, 3.63) is 53.1 Å². The fourth-order valence-corrected chi connectivity index (χ4v) is 3.55. The summed E-state index contributed by atoms with van der Waals surface area (Å²) in [7, 11) is -3.28. The average molecular weight is 389 g/mol. The van der Waals surface area contributed by atoms with E-state index in [1.807, 2.05) is 4.72 Å². The van der Waals surface area contributed by atoms with E-state index in [1.54, 1.807) is 0 Å². The Kier molecular flexibility index (Phi) is 5.17. The molecule has 0 unspecified atom stereocenters. The number of hydrogen-bond donors (Lipinski definition) is 2. The van der Waals surface area contributed by atoms with Crippen LogP contribution in [0.1, 0.15) is 21.5 Å². The van der Waals surface area contributed by atoms with Crippen LogP contribution in [0.25, 0.3) is 0 Å². The van der Waals surface area contributed by atoms with Crippen LogP contribution in [0.2, 0.25) is 0 Å². The summed E-state index contributed by atoms with van der Waals surface area (Å²) in [6.45, 7) is 1.40. The first-order valence-electron chi connectivity index (χ1n) is 7.07. The maximum Gasteiger partial charge on any atom is 0.418 e. The second-order valence-electron chi connectivity index (χ2n) is 5.30. The van der Waals surface area contributed by atoms with Gasteiger partial charge in [-0.15, -0.1) is 0 Å². The van der Waals surface area contributed by atoms with E-state index in [-0.39, 0.29) is 16.9 Å². The first-order valence-corrected chi connectivity index (χ1v) is 8.56. The molecule has 140 valence electrons. The number of carboxylic acids is 1. The Labute approximate surface area is 147 Å². The summed E-state index contributed by atoms with van der Waals surface area (Å²) in [5, 5.41) is 8.99. The Morgan fingerprint density at radius 2 is 1.81 bits per heavy atom. The van der Waals surface area contributed by atoms with Gasteiger partial charge in [0.1, 0.15) is 5.75 Å². The number of sulfonamides is 1. The van der Waals surface area contributed by atoms with Crippen molar-refractivity contribution in [2.45, 2.75) is 18.0 Å². The van der Waals surface area contributed by atoms with Crippen molar-refractivity contribution in [1.82, 2.24) is 0 Å². The summed E-state index contributed by atoms with van der Waals surface area (Å²) >= 11 is 0. The van der Waals surface area contributed by atoms with Crippen molar-refractivity contribution < 1.29 is 36.2 Å². The predicted molar refractivity (Wildman–Crippen MR) is 86.9 cm³/mol. The SMILES string of the molecule is COc1ccc(NS(=O)(=O)c2cc(C(=O)O)ccc2C)c(C(F)(F)F)c1. The number of alkyl halides is 3. The smallest absolute Gasteiger partial charge is 0.418 e. The van der Waals surface area contributed by atoms with E-state index in [0.29, 0.717) is 6.07 Å². The number of methoxy groups -OCH3 is 1. The normalized spacial score (nSPS) is 11.9. The van der Waals surface area contributed by atoms with Crippen LogP contribution in [-0.4, -0.2) is 26.6 Å². The third kappa shape index (κ3) is 4.07. The lowest BCUT2D eigenvalue weighted by molar-refractivity contribution is -0.137. The van der Waals surface area contributed by atoms with Gasteiger partial charge in [0.05, 0.1) is 28.8 Å². The topological polar surface area (TPSA) is 92.7 Å². The van der Waals surface area contributed by atoms with Crippen LogP contribution in [0, 0.1) is 6.92 Å². The van der Waals surface area contributed by atoms with Crippen molar-refractivity contribution in [2.24, 2.45) is 0 Å². The Hall–Kier alpha value is -2.75. The molecule has 10 heteroatoms. The van der Waals surface area contributed by atoms with E-state index >= 15 is 0 Å². The molecule has 2 aromatic rings. The molecule has 0 aliphatic carbocycles. The summed E-state index contributed by atoms with van der Waals surface area (Å²) in [6.07, 6.45) is -4.83. The Morgan fingerprint density at radius 3 is 2.35 bits per heavy atom. The van der Waals surface area contributed by atoms with Crippen LogP contribution in [0.3, 0.4) is 0 Å². The number of ether oxygens (including phenoxy) is 1. The number of nitrogens with one attached hydrogen (secondary N) is 1. The molecular weight excluding hydrogens is 375 g/mol. The van der Waals surface area contributed by atoms with Crippen LogP contribution >= 0.6 is 0 Å². The van der Waals surface area contributed by atoms with E-state index in [9.17, 15) is 26.4 Å². The standard InChI is InChI=1S/C16H14F3NO5S/c1-9-3-4-10(15(21)22)7-14(9)26(23,24)20-13-6-5-11(25-2)8-12(13)16(17,18)19/h3-8,20H,1-2H3,(H,21,22). The van der Waals surface area contributed by atoms with Gasteiger partial charge in [0.25, 0.3) is 10.0 Å². The third-order valence-electron chi connectivity index (χ3n) is 3.50. The number of halogens is 3. The minimum Gasteiger partial charge on any atom is -0.497 e. The first-order chi connectivity index (χ1) is 12.0. The molecule has 0 amide bonds. The summed E-state index contributed by atoms with van der Waals surface area (Å²) < 4.78 is 71.3. The minimum atomic E-state index is -4.83. The van der Waals surface area contributed by atoms with Crippen molar-refractivity contribution in [3.8, 4) is 5.75 Å². The maximum absolute atomic E-state index is 13.2. The fraction of sp³-hybridized carbons (Fsp3) is 0.188.